The van der Waals surface area contributed by atoms with E-state index in [0.29, 0.717) is 30.3 Å². The number of hydrogen-bond donors (Lipinski definition) is 1. The molecule has 1 N–H and O–H groups in total. The van der Waals surface area contributed by atoms with Crippen molar-refractivity contribution >= 4 is 23.5 Å². The van der Waals surface area contributed by atoms with Crippen LogP contribution in [-0.2, 0) is 22.6 Å². The highest BCUT2D eigenvalue weighted by atomic mass is 35.5. The van der Waals surface area contributed by atoms with Gasteiger partial charge in [0.05, 0.1) is 6.42 Å². The summed E-state index contributed by atoms with van der Waals surface area (Å²) in [6, 6.07) is 13.4. The van der Waals surface area contributed by atoms with Crippen molar-refractivity contribution in [1.29, 1.82) is 0 Å². The molecule has 0 saturated carbocycles. The molecule has 0 bridgehead atoms. The minimum Gasteiger partial charge on any atom is -0.479 e. The minimum absolute atomic E-state index is 0.0770. The number of carbonyl (C=O) groups is 2. The summed E-state index contributed by atoms with van der Waals surface area (Å²) >= 11 is 6.17. The average molecular weight is 445 g/mol. The number of aryl methyl sites for hydroxylation is 1. The summed E-state index contributed by atoms with van der Waals surface area (Å²) in [6.07, 6.45) is -0.542. The molecule has 0 radical (unpaired) electrons. The maximum atomic E-state index is 12.8. The van der Waals surface area contributed by atoms with Gasteiger partial charge in [-0.15, -0.1) is 0 Å². The lowest BCUT2D eigenvalue weighted by atomic mass is 10.1. The molecule has 1 aliphatic heterocycles. The van der Waals surface area contributed by atoms with Crippen LogP contribution >= 0.6 is 11.6 Å². The SMILES string of the molecule is Cc1ccc(CC(=O)N2CCN(Cc3cc(Cl)ccc3OC(C)C(=O)O)C[C@@H]2C)cc1. The van der Waals surface area contributed by atoms with Crippen LogP contribution in [0.3, 0.4) is 0 Å². The summed E-state index contributed by atoms with van der Waals surface area (Å²) in [5, 5.41) is 9.72. The fourth-order valence-corrected chi connectivity index (χ4v) is 3.99. The number of aliphatic carboxylic acids is 1. The third kappa shape index (κ3) is 6.21. The largest absolute Gasteiger partial charge is 0.479 e. The molecule has 2 aromatic carbocycles. The summed E-state index contributed by atoms with van der Waals surface area (Å²) in [7, 11) is 0. The predicted molar refractivity (Wildman–Crippen MR) is 121 cm³/mol. The Hall–Kier alpha value is -2.57. The summed E-state index contributed by atoms with van der Waals surface area (Å²) < 4.78 is 5.62. The van der Waals surface area contributed by atoms with Gasteiger partial charge in [-0.25, -0.2) is 4.79 Å². The summed E-state index contributed by atoms with van der Waals surface area (Å²) in [5.74, 6) is -0.363. The average Bonchev–Trinajstić information content (AvgIpc) is 2.71. The molecule has 0 spiro atoms. The molecule has 31 heavy (non-hydrogen) atoms. The van der Waals surface area contributed by atoms with Crippen LogP contribution in [0.2, 0.25) is 5.02 Å². The Labute approximate surface area is 188 Å². The van der Waals surface area contributed by atoms with Gasteiger partial charge in [0.1, 0.15) is 5.75 Å². The smallest absolute Gasteiger partial charge is 0.344 e. The van der Waals surface area contributed by atoms with Crippen molar-refractivity contribution in [2.45, 2.75) is 45.9 Å². The number of carbonyl (C=O) groups excluding carboxylic acids is 1. The van der Waals surface area contributed by atoms with Crippen LogP contribution in [0.1, 0.15) is 30.5 Å². The minimum atomic E-state index is -1.02. The Morgan fingerprint density at radius 2 is 1.90 bits per heavy atom. The third-order valence-corrected chi connectivity index (χ3v) is 5.81. The van der Waals surface area contributed by atoms with Crippen LogP contribution in [0.15, 0.2) is 42.5 Å². The zero-order valence-corrected chi connectivity index (χ0v) is 18.9. The molecule has 1 heterocycles. The number of amides is 1. The second kappa shape index (κ2) is 10.2. The highest BCUT2D eigenvalue weighted by Crippen LogP contribution is 2.26. The van der Waals surface area contributed by atoms with Crippen molar-refractivity contribution in [1.82, 2.24) is 9.80 Å². The van der Waals surface area contributed by atoms with E-state index in [1.54, 1.807) is 12.1 Å². The molecule has 2 aromatic rings. The Morgan fingerprint density at radius 3 is 2.55 bits per heavy atom. The Kier molecular flexibility index (Phi) is 7.57. The van der Waals surface area contributed by atoms with Crippen LogP contribution in [-0.4, -0.2) is 58.6 Å². The first-order valence-electron chi connectivity index (χ1n) is 10.5. The first-order chi connectivity index (χ1) is 14.7. The first-order valence-corrected chi connectivity index (χ1v) is 10.9. The molecular weight excluding hydrogens is 416 g/mol. The van der Waals surface area contributed by atoms with E-state index < -0.39 is 12.1 Å². The molecular formula is C24H29ClN2O4. The number of benzene rings is 2. The predicted octanol–water partition coefficient (Wildman–Crippen LogP) is 3.78. The van der Waals surface area contributed by atoms with Gasteiger partial charge in [0.25, 0.3) is 0 Å². The highest BCUT2D eigenvalue weighted by molar-refractivity contribution is 6.30. The molecule has 2 atom stereocenters. The molecule has 1 aliphatic rings. The van der Waals surface area contributed by atoms with E-state index in [1.807, 2.05) is 42.2 Å². The number of carboxylic acids is 1. The first kappa shape index (κ1) is 23.1. The van der Waals surface area contributed by atoms with Crippen molar-refractivity contribution in [3.05, 3.63) is 64.2 Å². The van der Waals surface area contributed by atoms with Gasteiger partial charge in [0, 0.05) is 42.8 Å². The van der Waals surface area contributed by atoms with Gasteiger partial charge in [-0.05, 0) is 44.5 Å². The molecule has 166 valence electrons. The van der Waals surface area contributed by atoms with Gasteiger partial charge in [-0.3, -0.25) is 9.69 Å². The number of rotatable bonds is 7. The molecule has 3 rings (SSSR count). The quantitative estimate of drug-likeness (QED) is 0.703. The third-order valence-electron chi connectivity index (χ3n) is 5.58. The van der Waals surface area contributed by atoms with Crippen LogP contribution in [0, 0.1) is 6.92 Å². The normalized spacial score (nSPS) is 17.9. The summed E-state index contributed by atoms with van der Waals surface area (Å²) in [6.45, 7) is 8.26. The second-order valence-corrected chi connectivity index (χ2v) is 8.62. The van der Waals surface area contributed by atoms with E-state index in [4.69, 9.17) is 21.4 Å². The standard InChI is InChI=1S/C24H29ClN2O4/c1-16-4-6-19(7-5-16)12-23(28)27-11-10-26(14-17(27)2)15-20-13-21(25)8-9-22(20)31-18(3)24(29)30/h4-9,13,17-18H,10-12,14-15H2,1-3H3,(H,29,30)/t17-,18?/m0/s1. The van der Waals surface area contributed by atoms with Crippen molar-refractivity contribution in [2.24, 2.45) is 0 Å². The van der Waals surface area contributed by atoms with Crippen molar-refractivity contribution in [3.8, 4) is 5.75 Å². The van der Waals surface area contributed by atoms with Crippen molar-refractivity contribution < 1.29 is 19.4 Å². The van der Waals surface area contributed by atoms with E-state index >= 15 is 0 Å². The molecule has 7 heteroatoms. The number of carboxylic acid groups (broad SMARTS) is 1. The monoisotopic (exact) mass is 444 g/mol. The van der Waals surface area contributed by atoms with Crippen LogP contribution in [0.5, 0.6) is 5.75 Å². The zero-order valence-electron chi connectivity index (χ0n) is 18.2. The van der Waals surface area contributed by atoms with Crippen molar-refractivity contribution in [3.63, 3.8) is 0 Å². The lowest BCUT2D eigenvalue weighted by molar-refractivity contribution is -0.144. The lowest BCUT2D eigenvalue weighted by Gasteiger charge is -2.40. The van der Waals surface area contributed by atoms with Gasteiger partial charge >= 0.3 is 5.97 Å². The van der Waals surface area contributed by atoms with Crippen LogP contribution in [0.25, 0.3) is 0 Å². The van der Waals surface area contributed by atoms with E-state index in [0.717, 1.165) is 24.2 Å². The zero-order chi connectivity index (χ0) is 22.5. The van der Waals surface area contributed by atoms with Gasteiger partial charge in [-0.2, -0.15) is 0 Å². The number of nitrogens with zero attached hydrogens (tertiary/aromatic N) is 2. The Morgan fingerprint density at radius 1 is 1.19 bits per heavy atom. The Bertz CT molecular complexity index is 932. The van der Waals surface area contributed by atoms with Crippen molar-refractivity contribution in [2.75, 3.05) is 19.6 Å². The topological polar surface area (TPSA) is 70.1 Å². The molecule has 1 fully saturated rings. The molecule has 1 unspecified atom stereocenters. The number of ether oxygens (including phenoxy) is 1. The molecule has 1 amide bonds. The summed E-state index contributed by atoms with van der Waals surface area (Å²) in [5.41, 5.74) is 3.05. The van der Waals surface area contributed by atoms with Crippen LogP contribution < -0.4 is 4.74 Å². The summed E-state index contributed by atoms with van der Waals surface area (Å²) in [4.78, 5) is 28.2. The Balaban J connectivity index is 1.62. The molecule has 0 aliphatic carbocycles. The highest BCUT2D eigenvalue weighted by Gasteiger charge is 2.28. The fraction of sp³-hybridized carbons (Fsp3) is 0.417. The van der Waals surface area contributed by atoms with Gasteiger partial charge in [-0.1, -0.05) is 41.4 Å². The molecule has 6 nitrogen and oxygen atoms in total. The number of halogens is 1. The molecule has 1 saturated heterocycles. The van der Waals surface area contributed by atoms with Gasteiger partial charge < -0.3 is 14.7 Å². The van der Waals surface area contributed by atoms with Gasteiger partial charge in [0.15, 0.2) is 6.10 Å². The van der Waals surface area contributed by atoms with E-state index in [-0.39, 0.29) is 11.9 Å². The van der Waals surface area contributed by atoms with E-state index in [2.05, 4.69) is 11.8 Å². The van der Waals surface area contributed by atoms with Gasteiger partial charge in [0.2, 0.25) is 5.91 Å². The fourth-order valence-electron chi connectivity index (χ4n) is 3.80. The van der Waals surface area contributed by atoms with E-state index in [1.165, 1.54) is 12.5 Å². The molecule has 0 aromatic heterocycles. The number of piperazine rings is 1. The number of hydrogen-bond acceptors (Lipinski definition) is 4. The lowest BCUT2D eigenvalue weighted by Crippen LogP contribution is -2.54. The maximum Gasteiger partial charge on any atom is 0.344 e. The maximum absolute atomic E-state index is 12.8. The van der Waals surface area contributed by atoms with Crippen LogP contribution in [0.4, 0.5) is 0 Å². The van der Waals surface area contributed by atoms with E-state index in [9.17, 15) is 9.59 Å². The second-order valence-electron chi connectivity index (χ2n) is 8.18.